The van der Waals surface area contributed by atoms with E-state index in [9.17, 15) is 9.90 Å². The Morgan fingerprint density at radius 3 is 2.50 bits per heavy atom. The summed E-state index contributed by atoms with van der Waals surface area (Å²) < 4.78 is 4.86. The lowest BCUT2D eigenvalue weighted by Gasteiger charge is -2.28. The van der Waals surface area contributed by atoms with Crippen molar-refractivity contribution in [2.45, 2.75) is 38.8 Å². The van der Waals surface area contributed by atoms with Crippen LogP contribution in [0, 0.1) is 0 Å². The molecule has 0 spiro atoms. The van der Waals surface area contributed by atoms with Crippen LogP contribution in [0.25, 0.3) is 0 Å². The minimum absolute atomic E-state index is 0.170. The molecular weight excluding hydrogens is 210 g/mol. The number of hydrogen-bond donors (Lipinski definition) is 2. The molecule has 0 saturated carbocycles. The van der Waals surface area contributed by atoms with E-state index < -0.39 is 12.1 Å². The predicted octanol–water partition coefficient (Wildman–Crippen LogP) is 0.569. The topological polar surface area (TPSA) is 70.0 Å². The summed E-state index contributed by atoms with van der Waals surface area (Å²) >= 11 is 0. The molecule has 0 aromatic carbocycles. The first-order valence-corrected chi connectivity index (χ1v) is 5.60. The maximum Gasteiger partial charge on any atom is 0.303 e. The van der Waals surface area contributed by atoms with Crippen LogP contribution in [0.4, 0.5) is 0 Å². The number of aliphatic hydroxyl groups is 1. The van der Waals surface area contributed by atoms with Gasteiger partial charge in [0.2, 0.25) is 0 Å². The van der Waals surface area contributed by atoms with Crippen LogP contribution in [0.15, 0.2) is 0 Å². The quantitative estimate of drug-likeness (QED) is 0.609. The van der Waals surface area contributed by atoms with Gasteiger partial charge in [-0.15, -0.1) is 0 Å². The highest BCUT2D eigenvalue weighted by atomic mass is 16.5. The lowest BCUT2D eigenvalue weighted by Crippen LogP contribution is -2.39. The zero-order valence-electron chi connectivity index (χ0n) is 10.3. The molecule has 0 bridgehead atoms. The summed E-state index contributed by atoms with van der Waals surface area (Å²) in [6.45, 7) is 5.57. The van der Waals surface area contributed by atoms with Gasteiger partial charge in [0.05, 0.1) is 12.7 Å². The summed E-state index contributed by atoms with van der Waals surface area (Å²) in [5, 5.41) is 18.1. The molecule has 0 aromatic rings. The maximum atomic E-state index is 10.4. The molecule has 0 aliphatic rings. The van der Waals surface area contributed by atoms with Gasteiger partial charge < -0.3 is 14.9 Å². The number of carbonyl (C=O) groups is 1. The molecule has 1 atom stereocenters. The monoisotopic (exact) mass is 233 g/mol. The fourth-order valence-corrected chi connectivity index (χ4v) is 1.51. The van der Waals surface area contributed by atoms with Crippen molar-refractivity contribution in [1.82, 2.24) is 4.90 Å². The fraction of sp³-hybridized carbons (Fsp3) is 0.909. The largest absolute Gasteiger partial charge is 0.481 e. The smallest absolute Gasteiger partial charge is 0.303 e. The first-order valence-electron chi connectivity index (χ1n) is 5.60. The third kappa shape index (κ3) is 7.62. The Bertz CT molecular complexity index is 196. The maximum absolute atomic E-state index is 10.4. The van der Waals surface area contributed by atoms with E-state index in [-0.39, 0.29) is 6.42 Å². The van der Waals surface area contributed by atoms with E-state index in [1.54, 1.807) is 7.11 Å². The second-order valence-electron chi connectivity index (χ2n) is 4.20. The zero-order valence-corrected chi connectivity index (χ0v) is 10.3. The highest BCUT2D eigenvalue weighted by Gasteiger charge is 2.14. The molecule has 0 saturated heterocycles. The van der Waals surface area contributed by atoms with Crippen LogP contribution in [-0.4, -0.2) is 60.0 Å². The average Bonchev–Trinajstić information content (AvgIpc) is 2.15. The van der Waals surface area contributed by atoms with Crippen LogP contribution in [0.1, 0.15) is 26.7 Å². The van der Waals surface area contributed by atoms with Gasteiger partial charge in [0.1, 0.15) is 0 Å². The Labute approximate surface area is 97.0 Å². The number of nitrogens with zero attached hydrogens (tertiary/aromatic N) is 1. The molecular formula is C11H23NO4. The standard InChI is InChI=1S/C11H23NO4/c1-9(2)12(6-4-5-11(14)15)7-10(13)8-16-3/h9-10,13H,4-8H2,1-3H3,(H,14,15). The molecule has 5 heteroatoms. The van der Waals surface area contributed by atoms with E-state index in [4.69, 9.17) is 9.84 Å². The molecule has 0 fully saturated rings. The summed E-state index contributed by atoms with van der Waals surface area (Å²) in [5.41, 5.74) is 0. The van der Waals surface area contributed by atoms with Crippen molar-refractivity contribution in [2.75, 3.05) is 26.8 Å². The molecule has 1 unspecified atom stereocenters. The van der Waals surface area contributed by atoms with Gasteiger partial charge >= 0.3 is 5.97 Å². The number of hydrogen-bond acceptors (Lipinski definition) is 4. The molecule has 2 N–H and O–H groups in total. The molecule has 0 radical (unpaired) electrons. The molecule has 0 aromatic heterocycles. The van der Waals surface area contributed by atoms with Gasteiger partial charge in [0, 0.05) is 26.1 Å². The second-order valence-corrected chi connectivity index (χ2v) is 4.20. The summed E-state index contributed by atoms with van der Waals surface area (Å²) in [4.78, 5) is 12.4. The number of aliphatic carboxylic acids is 1. The number of ether oxygens (including phenoxy) is 1. The molecule has 0 rings (SSSR count). The number of aliphatic hydroxyl groups excluding tert-OH is 1. The molecule has 5 nitrogen and oxygen atoms in total. The summed E-state index contributed by atoms with van der Waals surface area (Å²) in [6.07, 6.45) is 0.258. The number of rotatable bonds is 9. The molecule has 96 valence electrons. The van der Waals surface area contributed by atoms with Crippen LogP contribution in [0.5, 0.6) is 0 Å². The fourth-order valence-electron chi connectivity index (χ4n) is 1.51. The van der Waals surface area contributed by atoms with E-state index >= 15 is 0 Å². The first kappa shape index (κ1) is 15.3. The Balaban J connectivity index is 3.92. The van der Waals surface area contributed by atoms with Crippen LogP contribution in [-0.2, 0) is 9.53 Å². The van der Waals surface area contributed by atoms with Crippen LogP contribution < -0.4 is 0 Å². The van der Waals surface area contributed by atoms with Gasteiger partial charge in [-0.3, -0.25) is 9.69 Å². The third-order valence-corrected chi connectivity index (χ3v) is 2.37. The van der Waals surface area contributed by atoms with Crippen molar-refractivity contribution in [3.63, 3.8) is 0 Å². The van der Waals surface area contributed by atoms with Gasteiger partial charge in [-0.2, -0.15) is 0 Å². The van der Waals surface area contributed by atoms with E-state index in [2.05, 4.69) is 4.90 Å². The molecule has 0 aliphatic carbocycles. The van der Waals surface area contributed by atoms with Gasteiger partial charge in [-0.1, -0.05) is 0 Å². The van der Waals surface area contributed by atoms with Crippen LogP contribution >= 0.6 is 0 Å². The molecule has 0 aliphatic heterocycles. The number of carboxylic acid groups (broad SMARTS) is 1. The lowest BCUT2D eigenvalue weighted by molar-refractivity contribution is -0.137. The Morgan fingerprint density at radius 2 is 2.06 bits per heavy atom. The van der Waals surface area contributed by atoms with Gasteiger partial charge in [-0.25, -0.2) is 0 Å². The van der Waals surface area contributed by atoms with Crippen molar-refractivity contribution < 1.29 is 19.7 Å². The Hall–Kier alpha value is -0.650. The van der Waals surface area contributed by atoms with Crippen molar-refractivity contribution >= 4 is 5.97 Å². The highest BCUT2D eigenvalue weighted by Crippen LogP contribution is 2.03. The lowest BCUT2D eigenvalue weighted by atomic mass is 10.2. The summed E-state index contributed by atoms with van der Waals surface area (Å²) in [6, 6.07) is 0.292. The SMILES string of the molecule is COCC(O)CN(CCCC(=O)O)C(C)C. The summed E-state index contributed by atoms with van der Waals surface area (Å²) in [5.74, 6) is -0.777. The average molecular weight is 233 g/mol. The summed E-state index contributed by atoms with van der Waals surface area (Å²) in [7, 11) is 1.55. The Kier molecular flexibility index (Phi) is 8.15. The second kappa shape index (κ2) is 8.50. The highest BCUT2D eigenvalue weighted by molar-refractivity contribution is 5.66. The molecule has 16 heavy (non-hydrogen) atoms. The van der Waals surface area contributed by atoms with Crippen molar-refractivity contribution in [3.05, 3.63) is 0 Å². The van der Waals surface area contributed by atoms with Crippen molar-refractivity contribution in [3.8, 4) is 0 Å². The molecule has 0 amide bonds. The van der Waals surface area contributed by atoms with Gasteiger partial charge in [-0.05, 0) is 26.8 Å². The van der Waals surface area contributed by atoms with Gasteiger partial charge in [0.15, 0.2) is 0 Å². The number of methoxy groups -OCH3 is 1. The van der Waals surface area contributed by atoms with E-state index in [1.165, 1.54) is 0 Å². The van der Waals surface area contributed by atoms with E-state index in [0.717, 1.165) is 0 Å². The van der Waals surface area contributed by atoms with Crippen molar-refractivity contribution in [1.29, 1.82) is 0 Å². The minimum atomic E-state index is -0.777. The third-order valence-electron chi connectivity index (χ3n) is 2.37. The van der Waals surface area contributed by atoms with Gasteiger partial charge in [0.25, 0.3) is 0 Å². The predicted molar refractivity (Wildman–Crippen MR) is 61.5 cm³/mol. The van der Waals surface area contributed by atoms with E-state index in [1.807, 2.05) is 13.8 Å². The van der Waals surface area contributed by atoms with Crippen LogP contribution in [0.3, 0.4) is 0 Å². The first-order chi connectivity index (χ1) is 7.47. The van der Waals surface area contributed by atoms with E-state index in [0.29, 0.717) is 32.2 Å². The normalized spacial score (nSPS) is 13.4. The minimum Gasteiger partial charge on any atom is -0.481 e. The van der Waals surface area contributed by atoms with Crippen LogP contribution in [0.2, 0.25) is 0 Å². The van der Waals surface area contributed by atoms with Crippen molar-refractivity contribution in [2.24, 2.45) is 0 Å². The number of carboxylic acids is 1. The molecule has 0 heterocycles. The zero-order chi connectivity index (χ0) is 12.6. The Morgan fingerprint density at radius 1 is 1.44 bits per heavy atom.